The third kappa shape index (κ3) is 10.6. The number of nitrogens with one attached hydrogen (secondary N) is 2. The lowest BCUT2D eigenvalue weighted by Gasteiger charge is -2.17. The zero-order chi connectivity index (χ0) is 18.2. The molecule has 9 heteroatoms. The standard InChI is InChI=1S/C16H25F2N3O2S.HI/c1-4-19-16(21-12(2)8-10-24(3,22)23)20-9-7-13-11-14(17)5-6-15(13)18;/h5-6,11-12H,4,7-10H2,1-3H3,(H2,19,20,21);1H. The van der Waals surface area contributed by atoms with E-state index < -0.39 is 21.5 Å². The van der Waals surface area contributed by atoms with E-state index in [1.54, 1.807) is 0 Å². The van der Waals surface area contributed by atoms with Gasteiger partial charge >= 0.3 is 0 Å². The molecule has 1 aromatic rings. The summed E-state index contributed by atoms with van der Waals surface area (Å²) in [4.78, 5) is 4.32. The van der Waals surface area contributed by atoms with Crippen molar-refractivity contribution in [1.29, 1.82) is 0 Å². The number of halogens is 3. The first kappa shape index (κ1) is 24.0. The van der Waals surface area contributed by atoms with E-state index >= 15 is 0 Å². The van der Waals surface area contributed by atoms with Crippen LogP contribution >= 0.6 is 24.0 Å². The highest BCUT2D eigenvalue weighted by Crippen LogP contribution is 2.10. The first-order valence-electron chi connectivity index (χ1n) is 7.87. The summed E-state index contributed by atoms with van der Waals surface area (Å²) in [6, 6.07) is 3.27. The fourth-order valence-electron chi connectivity index (χ4n) is 2.04. The van der Waals surface area contributed by atoms with Crippen molar-refractivity contribution in [2.24, 2.45) is 4.99 Å². The number of hydrogen-bond donors (Lipinski definition) is 2. The van der Waals surface area contributed by atoms with Crippen LogP contribution in [0.3, 0.4) is 0 Å². The predicted octanol–water partition coefficient (Wildman–Crippen LogP) is 2.50. The minimum Gasteiger partial charge on any atom is -0.357 e. The molecule has 1 atom stereocenters. The van der Waals surface area contributed by atoms with Crippen molar-refractivity contribution < 1.29 is 17.2 Å². The van der Waals surface area contributed by atoms with Gasteiger partial charge in [0, 0.05) is 25.4 Å². The molecule has 1 aromatic carbocycles. The maximum atomic E-state index is 13.6. The minimum atomic E-state index is -3.01. The van der Waals surface area contributed by atoms with Crippen molar-refractivity contribution in [1.82, 2.24) is 10.6 Å². The van der Waals surface area contributed by atoms with Crippen LogP contribution in [0.4, 0.5) is 8.78 Å². The summed E-state index contributed by atoms with van der Waals surface area (Å²) in [7, 11) is -3.01. The lowest BCUT2D eigenvalue weighted by atomic mass is 10.1. The number of hydrogen-bond acceptors (Lipinski definition) is 3. The summed E-state index contributed by atoms with van der Waals surface area (Å²) in [6.45, 7) is 4.70. The van der Waals surface area contributed by atoms with Gasteiger partial charge in [-0.15, -0.1) is 24.0 Å². The number of aliphatic imine (C=N–C) groups is 1. The summed E-state index contributed by atoms with van der Waals surface area (Å²) >= 11 is 0. The molecule has 0 saturated heterocycles. The van der Waals surface area contributed by atoms with Gasteiger partial charge in [-0.05, 0) is 50.5 Å². The van der Waals surface area contributed by atoms with E-state index in [1.807, 2.05) is 13.8 Å². The summed E-state index contributed by atoms with van der Waals surface area (Å²) in [5, 5.41) is 6.15. The normalized spacial score (nSPS) is 13.1. The third-order valence-electron chi connectivity index (χ3n) is 3.31. The number of rotatable bonds is 8. The Hall–Kier alpha value is -0.970. The lowest BCUT2D eigenvalue weighted by Crippen LogP contribution is -2.43. The molecule has 25 heavy (non-hydrogen) atoms. The quantitative estimate of drug-likeness (QED) is 0.335. The van der Waals surface area contributed by atoms with Crippen LogP contribution in [0.1, 0.15) is 25.8 Å². The molecule has 0 saturated carbocycles. The van der Waals surface area contributed by atoms with Crippen LogP contribution in [-0.2, 0) is 16.3 Å². The van der Waals surface area contributed by atoms with E-state index in [0.29, 0.717) is 18.9 Å². The van der Waals surface area contributed by atoms with Gasteiger partial charge in [0.1, 0.15) is 21.5 Å². The molecule has 0 aliphatic rings. The second kappa shape index (κ2) is 11.6. The molecule has 0 bridgehead atoms. The van der Waals surface area contributed by atoms with E-state index in [4.69, 9.17) is 0 Å². The van der Waals surface area contributed by atoms with Crippen molar-refractivity contribution >= 4 is 39.8 Å². The maximum absolute atomic E-state index is 13.6. The van der Waals surface area contributed by atoms with Crippen LogP contribution in [0.25, 0.3) is 0 Å². The highest BCUT2D eigenvalue weighted by atomic mass is 127. The van der Waals surface area contributed by atoms with Crippen LogP contribution in [0.15, 0.2) is 23.2 Å². The van der Waals surface area contributed by atoms with Gasteiger partial charge in [0.05, 0.1) is 5.75 Å². The van der Waals surface area contributed by atoms with Gasteiger partial charge in [0.15, 0.2) is 5.96 Å². The Labute approximate surface area is 165 Å². The first-order valence-corrected chi connectivity index (χ1v) is 9.94. The first-order chi connectivity index (χ1) is 11.2. The van der Waals surface area contributed by atoms with Gasteiger partial charge in [-0.25, -0.2) is 17.2 Å². The molecule has 1 unspecified atom stereocenters. The number of sulfone groups is 1. The fraction of sp³-hybridized carbons (Fsp3) is 0.562. The molecular formula is C16H26F2IN3O2S. The highest BCUT2D eigenvalue weighted by molar-refractivity contribution is 14.0. The van der Waals surface area contributed by atoms with Crippen molar-refractivity contribution in [3.8, 4) is 0 Å². The monoisotopic (exact) mass is 489 g/mol. The SMILES string of the molecule is CCNC(=NCCc1cc(F)ccc1F)NC(C)CCS(C)(=O)=O.I. The Balaban J connectivity index is 0.00000576. The topological polar surface area (TPSA) is 70.6 Å². The fourth-order valence-corrected chi connectivity index (χ4v) is 2.82. The molecule has 1 rings (SSSR count). The summed E-state index contributed by atoms with van der Waals surface area (Å²) in [6.07, 6.45) is 1.94. The van der Waals surface area contributed by atoms with Crippen LogP contribution in [-0.4, -0.2) is 45.5 Å². The van der Waals surface area contributed by atoms with Crippen molar-refractivity contribution in [2.45, 2.75) is 32.7 Å². The molecule has 0 aliphatic heterocycles. The maximum Gasteiger partial charge on any atom is 0.191 e. The average Bonchev–Trinajstić information content (AvgIpc) is 2.48. The van der Waals surface area contributed by atoms with Crippen LogP contribution in [0.5, 0.6) is 0 Å². The van der Waals surface area contributed by atoms with E-state index in [0.717, 1.165) is 12.1 Å². The summed E-state index contributed by atoms with van der Waals surface area (Å²) < 4.78 is 49.1. The van der Waals surface area contributed by atoms with Gasteiger partial charge in [-0.2, -0.15) is 0 Å². The highest BCUT2D eigenvalue weighted by Gasteiger charge is 2.09. The van der Waals surface area contributed by atoms with E-state index in [9.17, 15) is 17.2 Å². The Morgan fingerprint density at radius 1 is 1.32 bits per heavy atom. The Bertz CT molecular complexity index is 669. The van der Waals surface area contributed by atoms with Crippen LogP contribution in [0, 0.1) is 11.6 Å². The molecule has 144 valence electrons. The number of guanidine groups is 1. The molecular weight excluding hydrogens is 463 g/mol. The molecule has 0 fully saturated rings. The van der Waals surface area contributed by atoms with Crippen LogP contribution < -0.4 is 10.6 Å². The molecule has 0 heterocycles. The molecule has 0 spiro atoms. The summed E-state index contributed by atoms with van der Waals surface area (Å²) in [5.74, 6) is -0.314. The molecule has 0 aliphatic carbocycles. The summed E-state index contributed by atoms with van der Waals surface area (Å²) in [5.41, 5.74) is 0.278. The lowest BCUT2D eigenvalue weighted by molar-refractivity contribution is 0.579. The van der Waals surface area contributed by atoms with Crippen molar-refractivity contribution in [3.63, 3.8) is 0 Å². The largest absolute Gasteiger partial charge is 0.357 e. The zero-order valence-electron chi connectivity index (χ0n) is 14.7. The third-order valence-corrected chi connectivity index (χ3v) is 4.29. The predicted molar refractivity (Wildman–Crippen MR) is 108 cm³/mol. The number of nitrogens with zero attached hydrogens (tertiary/aromatic N) is 1. The van der Waals surface area contributed by atoms with Crippen molar-refractivity contribution in [3.05, 3.63) is 35.4 Å². The van der Waals surface area contributed by atoms with Gasteiger partial charge in [0.25, 0.3) is 0 Å². The van der Waals surface area contributed by atoms with Crippen molar-refractivity contribution in [2.75, 3.05) is 25.1 Å². The Morgan fingerprint density at radius 3 is 2.60 bits per heavy atom. The smallest absolute Gasteiger partial charge is 0.191 e. The minimum absolute atomic E-state index is 0. The Kier molecular flexibility index (Phi) is 11.2. The average molecular weight is 489 g/mol. The molecule has 0 aromatic heterocycles. The van der Waals surface area contributed by atoms with E-state index in [2.05, 4.69) is 15.6 Å². The zero-order valence-corrected chi connectivity index (χ0v) is 17.8. The van der Waals surface area contributed by atoms with Crippen LogP contribution in [0.2, 0.25) is 0 Å². The van der Waals surface area contributed by atoms with Gasteiger partial charge in [-0.3, -0.25) is 4.99 Å². The number of benzene rings is 1. The van der Waals surface area contributed by atoms with Gasteiger partial charge < -0.3 is 10.6 Å². The second-order valence-corrected chi connectivity index (χ2v) is 7.97. The molecule has 2 N–H and O–H groups in total. The van der Waals surface area contributed by atoms with E-state index in [-0.39, 0.29) is 54.3 Å². The van der Waals surface area contributed by atoms with Gasteiger partial charge in [0.2, 0.25) is 0 Å². The Morgan fingerprint density at radius 2 is 2.00 bits per heavy atom. The van der Waals surface area contributed by atoms with E-state index in [1.165, 1.54) is 12.3 Å². The second-order valence-electron chi connectivity index (χ2n) is 5.71. The van der Waals surface area contributed by atoms with Gasteiger partial charge in [-0.1, -0.05) is 0 Å². The molecule has 5 nitrogen and oxygen atoms in total. The molecule has 0 amide bonds. The molecule has 0 radical (unpaired) electrons.